The lowest BCUT2D eigenvalue weighted by Gasteiger charge is -2.20. The van der Waals surface area contributed by atoms with E-state index in [1.807, 2.05) is 0 Å². The standard InChI is InChI=1S/C12H16N2/c1-9-4-5-12(8-10(9)2)14-7-6-11(3)13-14/h4-6,8,13H,7H2,1-3H3. The van der Waals surface area contributed by atoms with Gasteiger partial charge in [-0.2, -0.15) is 0 Å². The molecular formula is C12H16N2. The van der Waals surface area contributed by atoms with E-state index in [-0.39, 0.29) is 0 Å². The van der Waals surface area contributed by atoms with Gasteiger partial charge in [-0.1, -0.05) is 6.07 Å². The normalized spacial score (nSPS) is 15.4. The van der Waals surface area contributed by atoms with E-state index in [4.69, 9.17) is 0 Å². The van der Waals surface area contributed by atoms with Gasteiger partial charge in [0.1, 0.15) is 0 Å². The summed E-state index contributed by atoms with van der Waals surface area (Å²) in [6.45, 7) is 7.32. The number of nitrogens with zero attached hydrogens (tertiary/aromatic N) is 1. The molecule has 1 N–H and O–H groups in total. The zero-order valence-corrected chi connectivity index (χ0v) is 8.96. The van der Waals surface area contributed by atoms with Gasteiger partial charge in [-0.25, -0.2) is 0 Å². The first-order valence-corrected chi connectivity index (χ1v) is 4.95. The Morgan fingerprint density at radius 3 is 2.50 bits per heavy atom. The van der Waals surface area contributed by atoms with Crippen LogP contribution in [0.3, 0.4) is 0 Å². The molecule has 0 aliphatic carbocycles. The van der Waals surface area contributed by atoms with Crippen LogP contribution in [0.4, 0.5) is 5.69 Å². The summed E-state index contributed by atoms with van der Waals surface area (Å²) in [6.07, 6.45) is 2.19. The second-order valence-electron chi connectivity index (χ2n) is 3.88. The van der Waals surface area contributed by atoms with Crippen molar-refractivity contribution in [2.24, 2.45) is 0 Å². The van der Waals surface area contributed by atoms with Gasteiger partial charge in [0.2, 0.25) is 0 Å². The monoisotopic (exact) mass is 188 g/mol. The molecule has 1 heterocycles. The average molecular weight is 188 g/mol. The van der Waals surface area contributed by atoms with Crippen molar-refractivity contribution in [3.05, 3.63) is 41.1 Å². The van der Waals surface area contributed by atoms with Crippen LogP contribution in [0.15, 0.2) is 30.0 Å². The van der Waals surface area contributed by atoms with Gasteiger partial charge in [0, 0.05) is 5.70 Å². The maximum absolute atomic E-state index is 3.31. The summed E-state index contributed by atoms with van der Waals surface area (Å²) in [6, 6.07) is 6.54. The Morgan fingerprint density at radius 2 is 1.93 bits per heavy atom. The fraction of sp³-hybridized carbons (Fsp3) is 0.333. The van der Waals surface area contributed by atoms with Crippen molar-refractivity contribution in [1.29, 1.82) is 0 Å². The third-order valence-corrected chi connectivity index (χ3v) is 2.69. The molecule has 0 radical (unpaired) electrons. The topological polar surface area (TPSA) is 15.3 Å². The summed E-state index contributed by atoms with van der Waals surface area (Å²) in [5.41, 5.74) is 8.46. The first-order chi connectivity index (χ1) is 6.66. The van der Waals surface area contributed by atoms with E-state index in [0.717, 1.165) is 6.54 Å². The second kappa shape index (κ2) is 3.37. The van der Waals surface area contributed by atoms with Gasteiger partial charge < -0.3 is 5.43 Å². The number of allylic oxidation sites excluding steroid dienone is 1. The highest BCUT2D eigenvalue weighted by Gasteiger charge is 2.10. The van der Waals surface area contributed by atoms with E-state index in [2.05, 4.69) is 55.5 Å². The number of nitrogens with one attached hydrogen (secondary N) is 1. The largest absolute Gasteiger partial charge is 0.303 e. The van der Waals surface area contributed by atoms with E-state index in [0.29, 0.717) is 0 Å². The summed E-state index contributed by atoms with van der Waals surface area (Å²) in [4.78, 5) is 0. The lowest BCUT2D eigenvalue weighted by molar-refractivity contribution is 0.804. The van der Waals surface area contributed by atoms with Crippen molar-refractivity contribution in [2.75, 3.05) is 11.6 Å². The predicted molar refractivity (Wildman–Crippen MR) is 60.2 cm³/mol. The number of aryl methyl sites for hydroxylation is 2. The molecule has 1 aliphatic heterocycles. The van der Waals surface area contributed by atoms with Crippen LogP contribution < -0.4 is 10.4 Å². The van der Waals surface area contributed by atoms with E-state index >= 15 is 0 Å². The Kier molecular flexibility index (Phi) is 2.20. The molecule has 0 amide bonds. The summed E-state index contributed by atoms with van der Waals surface area (Å²) in [7, 11) is 0. The van der Waals surface area contributed by atoms with Crippen LogP contribution in [0.25, 0.3) is 0 Å². The first kappa shape index (κ1) is 9.13. The SMILES string of the molecule is CC1=CCN(c2ccc(C)c(C)c2)N1. The van der Waals surface area contributed by atoms with Crippen molar-refractivity contribution < 1.29 is 0 Å². The van der Waals surface area contributed by atoms with E-state index in [1.54, 1.807) is 0 Å². The van der Waals surface area contributed by atoms with Crippen LogP contribution in [0.1, 0.15) is 18.1 Å². The molecule has 0 bridgehead atoms. The highest BCUT2D eigenvalue weighted by molar-refractivity contribution is 5.51. The fourth-order valence-corrected chi connectivity index (χ4v) is 1.60. The Bertz CT molecular complexity index is 380. The third-order valence-electron chi connectivity index (χ3n) is 2.69. The van der Waals surface area contributed by atoms with Crippen molar-refractivity contribution in [1.82, 2.24) is 5.43 Å². The van der Waals surface area contributed by atoms with Gasteiger partial charge in [0.15, 0.2) is 0 Å². The van der Waals surface area contributed by atoms with Crippen LogP contribution in [-0.4, -0.2) is 6.54 Å². The molecule has 1 aliphatic rings. The molecule has 14 heavy (non-hydrogen) atoms. The average Bonchev–Trinajstić information content (AvgIpc) is 2.57. The molecule has 0 unspecified atom stereocenters. The summed E-state index contributed by atoms with van der Waals surface area (Å²) in [5, 5.41) is 2.15. The van der Waals surface area contributed by atoms with Gasteiger partial charge >= 0.3 is 0 Å². The van der Waals surface area contributed by atoms with Gasteiger partial charge in [-0.05, 0) is 50.1 Å². The number of rotatable bonds is 1. The maximum atomic E-state index is 3.31. The number of hydrogen-bond donors (Lipinski definition) is 1. The minimum atomic E-state index is 0.953. The fourth-order valence-electron chi connectivity index (χ4n) is 1.60. The van der Waals surface area contributed by atoms with Crippen molar-refractivity contribution in [2.45, 2.75) is 20.8 Å². The molecule has 2 heteroatoms. The van der Waals surface area contributed by atoms with E-state index in [9.17, 15) is 0 Å². The number of anilines is 1. The molecule has 0 saturated carbocycles. The molecule has 2 nitrogen and oxygen atoms in total. The Morgan fingerprint density at radius 1 is 1.14 bits per heavy atom. The number of hydrogen-bond acceptors (Lipinski definition) is 2. The smallest absolute Gasteiger partial charge is 0.0595 e. The Balaban J connectivity index is 2.22. The zero-order valence-electron chi connectivity index (χ0n) is 8.96. The van der Waals surface area contributed by atoms with Crippen LogP contribution in [0.2, 0.25) is 0 Å². The molecule has 0 aromatic heterocycles. The lowest BCUT2D eigenvalue weighted by atomic mass is 10.1. The van der Waals surface area contributed by atoms with Crippen molar-refractivity contribution >= 4 is 5.69 Å². The summed E-state index contributed by atoms with van der Waals surface area (Å²) < 4.78 is 0. The highest BCUT2D eigenvalue weighted by atomic mass is 15.5. The Labute approximate surface area is 85.2 Å². The van der Waals surface area contributed by atoms with E-state index < -0.39 is 0 Å². The number of hydrazine groups is 1. The molecule has 0 saturated heterocycles. The minimum absolute atomic E-state index is 0.953. The number of benzene rings is 1. The lowest BCUT2D eigenvalue weighted by Crippen LogP contribution is -2.31. The minimum Gasteiger partial charge on any atom is -0.303 e. The maximum Gasteiger partial charge on any atom is 0.0595 e. The Hall–Kier alpha value is -1.44. The van der Waals surface area contributed by atoms with Crippen LogP contribution >= 0.6 is 0 Å². The molecule has 74 valence electrons. The van der Waals surface area contributed by atoms with Crippen molar-refractivity contribution in [3.8, 4) is 0 Å². The van der Waals surface area contributed by atoms with Gasteiger partial charge in [0.05, 0.1) is 12.2 Å². The van der Waals surface area contributed by atoms with Crippen molar-refractivity contribution in [3.63, 3.8) is 0 Å². The van der Waals surface area contributed by atoms with Crippen LogP contribution in [0, 0.1) is 13.8 Å². The van der Waals surface area contributed by atoms with E-state index in [1.165, 1.54) is 22.5 Å². The molecule has 1 aromatic carbocycles. The second-order valence-corrected chi connectivity index (χ2v) is 3.88. The summed E-state index contributed by atoms with van der Waals surface area (Å²) >= 11 is 0. The van der Waals surface area contributed by atoms with Gasteiger partial charge in [0.25, 0.3) is 0 Å². The van der Waals surface area contributed by atoms with Crippen LogP contribution in [0.5, 0.6) is 0 Å². The first-order valence-electron chi connectivity index (χ1n) is 4.95. The summed E-state index contributed by atoms with van der Waals surface area (Å²) in [5.74, 6) is 0. The molecule has 2 rings (SSSR count). The molecule has 0 atom stereocenters. The van der Waals surface area contributed by atoms with Gasteiger partial charge in [-0.3, -0.25) is 5.01 Å². The van der Waals surface area contributed by atoms with Gasteiger partial charge in [-0.15, -0.1) is 0 Å². The molecule has 0 spiro atoms. The predicted octanol–water partition coefficient (Wildman–Crippen LogP) is 2.53. The molecular weight excluding hydrogens is 172 g/mol. The molecule has 0 fully saturated rings. The third kappa shape index (κ3) is 1.60. The zero-order chi connectivity index (χ0) is 10.1. The molecule has 1 aromatic rings. The highest BCUT2D eigenvalue weighted by Crippen LogP contribution is 2.19. The quantitative estimate of drug-likeness (QED) is 0.728. The van der Waals surface area contributed by atoms with Crippen LogP contribution in [-0.2, 0) is 0 Å².